The predicted molar refractivity (Wildman–Crippen MR) is 194 cm³/mol. The van der Waals surface area contributed by atoms with Gasteiger partial charge < -0.3 is 24.8 Å². The minimum absolute atomic E-state index is 0.0122. The first-order valence-electron chi connectivity index (χ1n) is 18.5. The van der Waals surface area contributed by atoms with Crippen molar-refractivity contribution in [3.05, 3.63) is 58.7 Å². The summed E-state index contributed by atoms with van der Waals surface area (Å²) in [6.07, 6.45) is 2.38. The van der Waals surface area contributed by atoms with Crippen LogP contribution in [0.25, 0.3) is 0 Å². The molecule has 56 heavy (non-hydrogen) atoms. The molecule has 2 fully saturated rings. The lowest BCUT2D eigenvalue weighted by atomic mass is 10.0. The van der Waals surface area contributed by atoms with Crippen LogP contribution in [0.5, 0.6) is 0 Å². The fraction of sp³-hybridized carbons (Fsp3) is 0.447. The van der Waals surface area contributed by atoms with Gasteiger partial charge in [0.15, 0.2) is 0 Å². The van der Waals surface area contributed by atoms with Gasteiger partial charge in [0.1, 0.15) is 12.1 Å². The van der Waals surface area contributed by atoms with Gasteiger partial charge in [0.2, 0.25) is 29.5 Å². The number of imide groups is 4. The van der Waals surface area contributed by atoms with Crippen LogP contribution >= 0.6 is 0 Å². The summed E-state index contributed by atoms with van der Waals surface area (Å²) in [6, 6.07) is 7.27. The Morgan fingerprint density at radius 1 is 0.607 bits per heavy atom. The highest BCUT2D eigenvalue weighted by molar-refractivity contribution is 6.27. The molecule has 0 saturated carbocycles. The van der Waals surface area contributed by atoms with Crippen molar-refractivity contribution in [1.29, 1.82) is 0 Å². The second kappa shape index (κ2) is 18.2. The van der Waals surface area contributed by atoms with Gasteiger partial charge in [0.25, 0.3) is 23.6 Å². The Balaban J connectivity index is 0.792. The molecule has 4 aliphatic heterocycles. The Morgan fingerprint density at radius 2 is 1.11 bits per heavy atom. The van der Waals surface area contributed by atoms with E-state index >= 15 is 0 Å². The number of nitrogens with zero attached hydrogens (tertiary/aromatic N) is 2. The van der Waals surface area contributed by atoms with Crippen molar-refractivity contribution in [2.45, 2.75) is 63.5 Å². The molecule has 2 aromatic carbocycles. The predicted octanol–water partition coefficient (Wildman–Crippen LogP) is 1.15. The lowest BCUT2D eigenvalue weighted by Crippen LogP contribution is -2.54. The summed E-state index contributed by atoms with van der Waals surface area (Å²) in [6.45, 7) is 2.54. The average molecular weight is 775 g/mol. The molecular weight excluding hydrogens is 732 g/mol. The van der Waals surface area contributed by atoms with E-state index in [1.807, 2.05) is 0 Å². The lowest BCUT2D eigenvalue weighted by Gasteiger charge is -2.27. The minimum atomic E-state index is -1.09. The number of fused-ring (bicyclic) bond motifs is 2. The van der Waals surface area contributed by atoms with Crippen molar-refractivity contribution < 1.29 is 57.4 Å². The van der Waals surface area contributed by atoms with Gasteiger partial charge in [-0.25, -0.2) is 0 Å². The second-order valence-corrected chi connectivity index (χ2v) is 13.5. The van der Waals surface area contributed by atoms with Crippen LogP contribution in [0.1, 0.15) is 92.8 Å². The number of ether oxygens (including phenoxy) is 3. The third-order valence-electron chi connectivity index (χ3n) is 9.71. The van der Waals surface area contributed by atoms with Crippen LogP contribution in [0.15, 0.2) is 36.4 Å². The number of piperidine rings is 2. The molecule has 0 bridgehead atoms. The monoisotopic (exact) mass is 774 g/mol. The maximum atomic E-state index is 13.2. The number of hydrogen-bond acceptors (Lipinski definition) is 13. The topological polar surface area (TPSA) is 236 Å². The Labute approximate surface area is 320 Å². The zero-order valence-corrected chi connectivity index (χ0v) is 30.5. The summed E-state index contributed by atoms with van der Waals surface area (Å²) in [5, 5.41) is 10.2. The summed E-state index contributed by atoms with van der Waals surface area (Å²) in [7, 11) is 0. The van der Waals surface area contributed by atoms with Gasteiger partial charge in [0, 0.05) is 38.1 Å². The van der Waals surface area contributed by atoms with Crippen LogP contribution < -0.4 is 21.3 Å². The molecule has 0 radical (unpaired) electrons. The summed E-state index contributed by atoms with van der Waals surface area (Å²) in [4.78, 5) is 115. The fourth-order valence-corrected chi connectivity index (χ4v) is 6.96. The van der Waals surface area contributed by atoms with Gasteiger partial charge in [-0.2, -0.15) is 0 Å². The number of benzene rings is 2. The molecule has 2 aromatic rings. The van der Waals surface area contributed by atoms with Crippen LogP contribution in [0, 0.1) is 0 Å². The smallest absolute Gasteiger partial charge is 0.264 e. The highest BCUT2D eigenvalue weighted by atomic mass is 16.5. The number of hydrogen-bond donors (Lipinski definition) is 4. The molecule has 4 aliphatic rings. The Morgan fingerprint density at radius 3 is 1.66 bits per heavy atom. The molecule has 296 valence electrons. The van der Waals surface area contributed by atoms with Crippen molar-refractivity contribution in [3.63, 3.8) is 0 Å². The maximum Gasteiger partial charge on any atom is 0.264 e. The van der Waals surface area contributed by atoms with E-state index in [9.17, 15) is 43.2 Å². The van der Waals surface area contributed by atoms with E-state index < -0.39 is 59.3 Å². The highest BCUT2D eigenvalue weighted by Gasteiger charge is 2.47. The Bertz CT molecular complexity index is 1950. The standard InChI is InChI=1S/C38H42N6O12/c45-28(40-25-9-5-7-23-32(25)38(53)44(36(23)51)27-12-14-30(47)42-34(27)49)10-2-1-3-16-54-18-20-56-21-19-55-17-15-39-24-8-4-6-22-31(24)37(52)43(35(22)50)26-11-13-29(46)41-33(26)48/h4-9,26-27,39H,1-3,10-21H2,(H,40,45)(H,41,46,48)(H,42,47,49). The molecule has 2 saturated heterocycles. The maximum absolute atomic E-state index is 13.2. The molecule has 18 heteroatoms. The molecule has 18 nitrogen and oxygen atoms in total. The van der Waals surface area contributed by atoms with Crippen molar-refractivity contribution in [1.82, 2.24) is 20.4 Å². The first-order valence-corrected chi connectivity index (χ1v) is 18.5. The number of nitrogens with one attached hydrogen (secondary N) is 4. The van der Waals surface area contributed by atoms with Crippen LogP contribution in [-0.4, -0.2) is 121 Å². The fourth-order valence-electron chi connectivity index (χ4n) is 6.96. The van der Waals surface area contributed by atoms with Crippen molar-refractivity contribution in [2.24, 2.45) is 0 Å². The van der Waals surface area contributed by atoms with Crippen molar-refractivity contribution >= 4 is 64.5 Å². The molecule has 4 N–H and O–H groups in total. The van der Waals surface area contributed by atoms with E-state index in [1.54, 1.807) is 18.2 Å². The third kappa shape index (κ3) is 8.82. The number of amides is 9. The van der Waals surface area contributed by atoms with Gasteiger partial charge >= 0.3 is 0 Å². The van der Waals surface area contributed by atoms with Gasteiger partial charge in [-0.3, -0.25) is 63.6 Å². The molecule has 2 atom stereocenters. The highest BCUT2D eigenvalue weighted by Crippen LogP contribution is 2.34. The summed E-state index contributed by atoms with van der Waals surface area (Å²) < 4.78 is 16.7. The summed E-state index contributed by atoms with van der Waals surface area (Å²) in [5.74, 6) is -5.07. The van der Waals surface area contributed by atoms with E-state index in [4.69, 9.17) is 14.2 Å². The Kier molecular flexibility index (Phi) is 12.9. The summed E-state index contributed by atoms with van der Waals surface area (Å²) in [5.41, 5.74) is 1.14. The molecule has 0 aromatic heterocycles. The van der Waals surface area contributed by atoms with Gasteiger partial charge in [-0.1, -0.05) is 18.6 Å². The number of anilines is 2. The first-order chi connectivity index (χ1) is 27.1. The van der Waals surface area contributed by atoms with Gasteiger partial charge in [-0.05, 0) is 49.9 Å². The van der Waals surface area contributed by atoms with Crippen LogP contribution in [0.2, 0.25) is 0 Å². The van der Waals surface area contributed by atoms with Crippen LogP contribution in [0.3, 0.4) is 0 Å². The number of carbonyl (C=O) groups excluding carboxylic acids is 9. The summed E-state index contributed by atoms with van der Waals surface area (Å²) >= 11 is 0. The molecule has 0 spiro atoms. The minimum Gasteiger partial charge on any atom is -0.382 e. The zero-order valence-electron chi connectivity index (χ0n) is 30.5. The van der Waals surface area contributed by atoms with E-state index in [0.29, 0.717) is 58.3 Å². The largest absolute Gasteiger partial charge is 0.382 e. The van der Waals surface area contributed by atoms with Gasteiger partial charge in [-0.15, -0.1) is 0 Å². The van der Waals surface area contributed by atoms with Gasteiger partial charge in [0.05, 0.1) is 61.0 Å². The molecule has 4 heterocycles. The van der Waals surface area contributed by atoms with Crippen molar-refractivity contribution in [3.8, 4) is 0 Å². The molecule has 6 rings (SSSR count). The second-order valence-electron chi connectivity index (χ2n) is 13.5. The molecule has 9 amide bonds. The molecule has 0 aliphatic carbocycles. The molecule has 2 unspecified atom stereocenters. The normalized spacial score (nSPS) is 19.3. The lowest BCUT2D eigenvalue weighted by molar-refractivity contribution is -0.137. The SMILES string of the molecule is O=C1CCC(N2C(=O)c3cccc(NCCOCCOCCOCCCCCC(=O)Nc4cccc5c4C(=O)N(C4CCC(=O)NC4=O)C5=O)c3C2=O)C(=O)N1. The molecular formula is C38H42N6O12. The van der Waals surface area contributed by atoms with E-state index in [0.717, 1.165) is 22.6 Å². The zero-order chi connectivity index (χ0) is 39.8. The Hall–Kier alpha value is -5.85. The van der Waals surface area contributed by atoms with Crippen molar-refractivity contribution in [2.75, 3.05) is 56.8 Å². The third-order valence-corrected chi connectivity index (χ3v) is 9.71. The van der Waals surface area contributed by atoms with Crippen LogP contribution in [0.4, 0.5) is 11.4 Å². The quantitative estimate of drug-likeness (QED) is 0.116. The van der Waals surface area contributed by atoms with Crippen LogP contribution in [-0.2, 0) is 38.2 Å². The number of rotatable bonds is 19. The van der Waals surface area contributed by atoms with E-state index in [2.05, 4.69) is 21.3 Å². The first kappa shape index (κ1) is 39.8. The number of carbonyl (C=O) groups is 9. The average Bonchev–Trinajstić information content (AvgIpc) is 3.58. The van der Waals surface area contributed by atoms with E-state index in [1.165, 1.54) is 18.2 Å². The number of unbranched alkanes of at least 4 members (excludes halogenated alkanes) is 2. The van der Waals surface area contributed by atoms with E-state index in [-0.39, 0.29) is 66.0 Å².